The van der Waals surface area contributed by atoms with Gasteiger partial charge in [-0.2, -0.15) is 0 Å². The molecule has 9 heavy (non-hydrogen) atoms. The molecule has 0 spiro atoms. The first-order valence-electron chi connectivity index (χ1n) is 3.00. The fourth-order valence-corrected chi connectivity index (χ4v) is 1.08. The Labute approximate surface area is 56.4 Å². The van der Waals surface area contributed by atoms with Gasteiger partial charge in [-0.05, 0) is 12.8 Å². The maximum absolute atomic E-state index is 10.8. The standard InChI is InChI=1S/C6H9O2P/c7-5(4-9)6-2-1-3-8-6/h4,6,9H,1-3H2. The van der Waals surface area contributed by atoms with E-state index in [1.165, 1.54) is 5.80 Å². The Hall–Kier alpha value is -0.200. The molecule has 1 aliphatic heterocycles. The molecule has 0 aliphatic carbocycles. The van der Waals surface area contributed by atoms with Crippen LogP contribution in [0.3, 0.4) is 0 Å². The average molecular weight is 144 g/mol. The molecule has 1 atom stereocenters. The highest BCUT2D eigenvalue weighted by molar-refractivity contribution is 7.22. The maximum Gasteiger partial charge on any atom is 0.188 e. The third-order valence-corrected chi connectivity index (χ3v) is 1.67. The molecule has 3 heteroatoms. The molecule has 0 aromatic carbocycles. The molecule has 1 heterocycles. The van der Waals surface area contributed by atoms with E-state index in [4.69, 9.17) is 4.74 Å². The van der Waals surface area contributed by atoms with Gasteiger partial charge in [-0.25, -0.2) is 0 Å². The molecule has 1 unspecified atom stereocenters. The second-order valence-corrected chi connectivity index (χ2v) is 2.34. The third-order valence-electron chi connectivity index (χ3n) is 1.39. The summed E-state index contributed by atoms with van der Waals surface area (Å²) in [5, 5.41) is 0. The molecule has 50 valence electrons. The summed E-state index contributed by atoms with van der Waals surface area (Å²) in [5.41, 5.74) is 0. The van der Waals surface area contributed by atoms with Gasteiger partial charge in [-0.15, -0.1) is 8.86 Å². The molecule has 0 N–H and O–H groups in total. The van der Waals surface area contributed by atoms with E-state index in [2.05, 4.69) is 8.86 Å². The number of rotatable bonds is 2. The van der Waals surface area contributed by atoms with Crippen LogP contribution in [-0.4, -0.2) is 24.3 Å². The Balaban J connectivity index is 2.41. The monoisotopic (exact) mass is 144 g/mol. The first-order valence-corrected chi connectivity index (χ1v) is 3.58. The summed E-state index contributed by atoms with van der Waals surface area (Å²) in [4.78, 5) is 10.8. The van der Waals surface area contributed by atoms with Crippen molar-refractivity contribution in [2.24, 2.45) is 0 Å². The lowest BCUT2D eigenvalue weighted by Crippen LogP contribution is -2.18. The number of ketones is 1. The Morgan fingerprint density at radius 1 is 1.78 bits per heavy atom. The summed E-state index contributed by atoms with van der Waals surface area (Å²) in [7, 11) is 3.02. The van der Waals surface area contributed by atoms with E-state index in [1.807, 2.05) is 0 Å². The van der Waals surface area contributed by atoms with E-state index >= 15 is 0 Å². The predicted octanol–water partition coefficient (Wildman–Crippen LogP) is 0.679. The lowest BCUT2D eigenvalue weighted by Gasteiger charge is -2.01. The normalized spacial score (nSPS) is 26.0. The van der Waals surface area contributed by atoms with Crippen molar-refractivity contribution in [3.05, 3.63) is 0 Å². The van der Waals surface area contributed by atoms with Crippen molar-refractivity contribution in [2.45, 2.75) is 18.9 Å². The van der Waals surface area contributed by atoms with Crippen molar-refractivity contribution in [3.8, 4) is 0 Å². The number of ether oxygens (including phenoxy) is 1. The van der Waals surface area contributed by atoms with Crippen LogP contribution in [0.2, 0.25) is 0 Å². The zero-order valence-corrected chi connectivity index (χ0v) is 6.09. The molecule has 0 saturated carbocycles. The van der Waals surface area contributed by atoms with Crippen LogP contribution in [0.15, 0.2) is 0 Å². The van der Waals surface area contributed by atoms with Crippen molar-refractivity contribution < 1.29 is 9.53 Å². The van der Waals surface area contributed by atoms with Crippen LogP contribution in [0.25, 0.3) is 0 Å². The molecule has 1 saturated heterocycles. The zero-order chi connectivity index (χ0) is 6.69. The lowest BCUT2D eigenvalue weighted by atomic mass is 10.2. The summed E-state index contributed by atoms with van der Waals surface area (Å²) in [6.45, 7) is 0.733. The van der Waals surface area contributed by atoms with Crippen molar-refractivity contribution in [3.63, 3.8) is 0 Å². The molecule has 0 amide bonds. The Morgan fingerprint density at radius 3 is 3.00 bits per heavy atom. The molecule has 1 aliphatic rings. The molecule has 2 nitrogen and oxygen atoms in total. The lowest BCUT2D eigenvalue weighted by molar-refractivity contribution is -0.120. The molecular formula is C6H9O2P. The van der Waals surface area contributed by atoms with Crippen LogP contribution in [0, 0.1) is 0 Å². The summed E-state index contributed by atoms with van der Waals surface area (Å²) >= 11 is 0. The summed E-state index contributed by atoms with van der Waals surface area (Å²) in [6, 6.07) is 0. The van der Waals surface area contributed by atoms with Gasteiger partial charge in [0, 0.05) is 12.4 Å². The minimum Gasteiger partial charge on any atom is -0.370 e. The number of hydrogen-bond donors (Lipinski definition) is 0. The van der Waals surface area contributed by atoms with Crippen molar-refractivity contribution in [1.82, 2.24) is 0 Å². The van der Waals surface area contributed by atoms with Gasteiger partial charge in [0.25, 0.3) is 0 Å². The Bertz CT molecular complexity index is 127. The van der Waals surface area contributed by atoms with E-state index in [-0.39, 0.29) is 11.9 Å². The number of carbonyl (C=O) groups is 1. The molecule has 1 rings (SSSR count). The smallest absolute Gasteiger partial charge is 0.188 e. The molecule has 0 aromatic rings. The minimum atomic E-state index is -0.164. The highest BCUT2D eigenvalue weighted by Gasteiger charge is 2.20. The molecule has 0 radical (unpaired) electrons. The molecule has 1 fully saturated rings. The molecule has 0 aromatic heterocycles. The molecule has 0 bridgehead atoms. The van der Waals surface area contributed by atoms with Gasteiger partial charge in [0.05, 0.1) is 0 Å². The van der Waals surface area contributed by atoms with E-state index in [9.17, 15) is 4.79 Å². The van der Waals surface area contributed by atoms with Crippen molar-refractivity contribution in [1.29, 1.82) is 0 Å². The van der Waals surface area contributed by atoms with Gasteiger partial charge >= 0.3 is 0 Å². The van der Waals surface area contributed by atoms with Crippen LogP contribution in [0.1, 0.15) is 12.8 Å². The van der Waals surface area contributed by atoms with E-state index in [0.29, 0.717) is 0 Å². The van der Waals surface area contributed by atoms with Gasteiger partial charge in [0.2, 0.25) is 0 Å². The highest BCUT2D eigenvalue weighted by Crippen LogP contribution is 2.11. The topological polar surface area (TPSA) is 26.3 Å². The first-order chi connectivity index (χ1) is 4.34. The van der Waals surface area contributed by atoms with E-state index < -0.39 is 0 Å². The van der Waals surface area contributed by atoms with Gasteiger partial charge in [0.1, 0.15) is 6.10 Å². The van der Waals surface area contributed by atoms with Gasteiger partial charge in [-0.3, -0.25) is 4.79 Å². The van der Waals surface area contributed by atoms with Crippen LogP contribution >= 0.6 is 8.86 Å². The van der Waals surface area contributed by atoms with Crippen LogP contribution < -0.4 is 0 Å². The van der Waals surface area contributed by atoms with Crippen LogP contribution in [0.5, 0.6) is 0 Å². The largest absolute Gasteiger partial charge is 0.370 e. The quantitative estimate of drug-likeness (QED) is 0.532. The fourth-order valence-electron chi connectivity index (χ4n) is 0.895. The SMILES string of the molecule is O=C(C=P)C1CCCO1. The Kier molecular flexibility index (Phi) is 2.38. The van der Waals surface area contributed by atoms with Crippen molar-refractivity contribution in [2.75, 3.05) is 6.61 Å². The van der Waals surface area contributed by atoms with Gasteiger partial charge in [0.15, 0.2) is 5.78 Å². The first kappa shape index (κ1) is 6.91. The Morgan fingerprint density at radius 2 is 2.56 bits per heavy atom. The molecular weight excluding hydrogens is 135 g/mol. The zero-order valence-electron chi connectivity index (χ0n) is 5.09. The maximum atomic E-state index is 10.8. The third kappa shape index (κ3) is 1.60. The van der Waals surface area contributed by atoms with E-state index in [1.54, 1.807) is 0 Å². The summed E-state index contributed by atoms with van der Waals surface area (Å²) < 4.78 is 5.09. The van der Waals surface area contributed by atoms with Crippen LogP contribution in [-0.2, 0) is 9.53 Å². The second-order valence-electron chi connectivity index (χ2n) is 2.05. The van der Waals surface area contributed by atoms with Gasteiger partial charge in [-0.1, -0.05) is 0 Å². The van der Waals surface area contributed by atoms with Gasteiger partial charge < -0.3 is 4.74 Å². The number of Topliss-reactive ketones (excluding diaryl/α,β-unsaturated/α-hetero) is 1. The number of carbonyl (C=O) groups excluding carboxylic acids is 1. The van der Waals surface area contributed by atoms with Crippen LogP contribution in [0.4, 0.5) is 0 Å². The summed E-state index contributed by atoms with van der Waals surface area (Å²) in [6.07, 6.45) is 1.72. The fraction of sp³-hybridized carbons (Fsp3) is 0.667. The predicted molar refractivity (Wildman–Crippen MR) is 38.4 cm³/mol. The minimum absolute atomic E-state index is 0.0455. The second kappa shape index (κ2) is 3.09. The van der Waals surface area contributed by atoms with Crippen molar-refractivity contribution >= 4 is 20.4 Å². The summed E-state index contributed by atoms with van der Waals surface area (Å²) in [5.74, 6) is 1.43. The number of hydrogen-bond acceptors (Lipinski definition) is 2. The average Bonchev–Trinajstić information content (AvgIpc) is 2.37. The van der Waals surface area contributed by atoms with E-state index in [0.717, 1.165) is 19.4 Å². The highest BCUT2D eigenvalue weighted by atomic mass is 31.0.